The summed E-state index contributed by atoms with van der Waals surface area (Å²) in [6.45, 7) is 5.02. The van der Waals surface area contributed by atoms with Crippen molar-refractivity contribution in [3.05, 3.63) is 53.7 Å². The zero-order valence-electron chi connectivity index (χ0n) is 17.8. The lowest BCUT2D eigenvalue weighted by molar-refractivity contribution is -0.122. The second-order valence-electron chi connectivity index (χ2n) is 6.53. The number of hydrogen-bond donors (Lipinski definition) is 0. The number of carbonyl (C=O) groups excluding carboxylic acids is 1. The number of rotatable bonds is 8. The van der Waals surface area contributed by atoms with E-state index in [0.29, 0.717) is 35.5 Å². The number of benzene rings is 2. The molecule has 2 aromatic carbocycles. The van der Waals surface area contributed by atoms with Gasteiger partial charge in [-0.15, -0.1) is 6.42 Å². The van der Waals surface area contributed by atoms with Gasteiger partial charge in [0.15, 0.2) is 16.6 Å². The molecule has 0 radical (unpaired) electrons. The van der Waals surface area contributed by atoms with Crippen LogP contribution in [0.4, 0.5) is 5.69 Å². The zero-order valence-corrected chi connectivity index (χ0v) is 18.6. The molecule has 0 N–H and O–H groups in total. The predicted octanol–water partition coefficient (Wildman–Crippen LogP) is 4.10. The van der Waals surface area contributed by atoms with Crippen molar-refractivity contribution in [3.63, 3.8) is 0 Å². The summed E-state index contributed by atoms with van der Waals surface area (Å²) >= 11 is 5.61. The van der Waals surface area contributed by atoms with E-state index in [1.165, 1.54) is 0 Å². The molecule has 1 amide bonds. The van der Waals surface area contributed by atoms with Gasteiger partial charge < -0.3 is 14.2 Å². The van der Waals surface area contributed by atoms with Gasteiger partial charge in [-0.05, 0) is 74.1 Å². The van der Waals surface area contributed by atoms with E-state index in [0.717, 1.165) is 17.0 Å². The molecule has 0 unspecified atom stereocenters. The van der Waals surface area contributed by atoms with E-state index < -0.39 is 0 Å². The molecular formula is C24H24N2O4S. The van der Waals surface area contributed by atoms with Crippen LogP contribution in [-0.4, -0.2) is 42.8 Å². The molecule has 7 heteroatoms. The summed E-state index contributed by atoms with van der Waals surface area (Å²) in [5.74, 6) is 4.09. The zero-order chi connectivity index (χ0) is 22.4. The Labute approximate surface area is 188 Å². The topological polar surface area (TPSA) is 51.2 Å². The third-order valence-corrected chi connectivity index (χ3v) is 5.05. The van der Waals surface area contributed by atoms with Crippen LogP contribution in [0.1, 0.15) is 19.4 Å². The van der Waals surface area contributed by atoms with E-state index in [1.807, 2.05) is 44.2 Å². The highest BCUT2D eigenvalue weighted by Crippen LogP contribution is 2.33. The molecule has 3 rings (SSSR count). The van der Waals surface area contributed by atoms with Gasteiger partial charge in [-0.1, -0.05) is 12.0 Å². The molecule has 0 atom stereocenters. The van der Waals surface area contributed by atoms with Crippen molar-refractivity contribution in [2.24, 2.45) is 0 Å². The minimum Gasteiger partial charge on any atom is -0.494 e. The van der Waals surface area contributed by atoms with Gasteiger partial charge in [0.1, 0.15) is 18.1 Å². The van der Waals surface area contributed by atoms with Crippen molar-refractivity contribution in [2.75, 3.05) is 31.8 Å². The number of likely N-dealkylation sites (N-methyl/N-ethyl adjacent to an activating group) is 1. The summed E-state index contributed by atoms with van der Waals surface area (Å²) in [7, 11) is 1.55. The molecule has 2 aromatic rings. The SMILES string of the molecule is C#CCOc1ccc(/C=C2/C(=O)N(CC)C(=S)N2c2ccc(OCC)cc2)cc1OC. The van der Waals surface area contributed by atoms with Gasteiger partial charge in [-0.3, -0.25) is 14.6 Å². The molecule has 0 bridgehead atoms. The van der Waals surface area contributed by atoms with Crippen molar-refractivity contribution >= 4 is 35.0 Å². The number of thiocarbonyl (C=S) groups is 1. The molecular weight excluding hydrogens is 412 g/mol. The minimum atomic E-state index is -0.159. The number of amides is 1. The summed E-state index contributed by atoms with van der Waals surface area (Å²) < 4.78 is 16.4. The Balaban J connectivity index is 2.01. The summed E-state index contributed by atoms with van der Waals surface area (Å²) in [5, 5.41) is 0.434. The molecule has 0 aliphatic carbocycles. The van der Waals surface area contributed by atoms with E-state index in [2.05, 4.69) is 5.92 Å². The fraction of sp³-hybridized carbons (Fsp3) is 0.250. The molecule has 6 nitrogen and oxygen atoms in total. The number of nitrogens with zero attached hydrogens (tertiary/aromatic N) is 2. The summed E-state index contributed by atoms with van der Waals surface area (Å²) in [4.78, 5) is 16.4. The normalized spacial score (nSPS) is 14.7. The number of ether oxygens (including phenoxy) is 3. The lowest BCUT2D eigenvalue weighted by Gasteiger charge is -2.20. The van der Waals surface area contributed by atoms with Crippen LogP contribution in [0.15, 0.2) is 48.2 Å². The third-order valence-electron chi connectivity index (χ3n) is 4.65. The first-order valence-electron chi connectivity index (χ1n) is 9.88. The maximum atomic E-state index is 13.1. The minimum absolute atomic E-state index is 0.139. The van der Waals surface area contributed by atoms with E-state index in [9.17, 15) is 4.79 Å². The van der Waals surface area contributed by atoms with Gasteiger partial charge >= 0.3 is 0 Å². The highest BCUT2D eigenvalue weighted by Gasteiger charge is 2.38. The molecule has 0 saturated carbocycles. The van der Waals surface area contributed by atoms with Gasteiger partial charge in [0.2, 0.25) is 0 Å². The number of hydrogen-bond acceptors (Lipinski definition) is 5. The molecule has 160 valence electrons. The Kier molecular flexibility index (Phi) is 7.16. The van der Waals surface area contributed by atoms with Crippen LogP contribution in [-0.2, 0) is 4.79 Å². The van der Waals surface area contributed by atoms with Crippen molar-refractivity contribution in [2.45, 2.75) is 13.8 Å². The number of carbonyl (C=O) groups is 1. The van der Waals surface area contributed by atoms with Gasteiger partial charge in [0.25, 0.3) is 5.91 Å². The average molecular weight is 437 g/mol. The first-order chi connectivity index (χ1) is 15.0. The van der Waals surface area contributed by atoms with Crippen LogP contribution in [0.3, 0.4) is 0 Å². The number of methoxy groups -OCH3 is 1. The molecule has 1 fully saturated rings. The Morgan fingerprint density at radius 1 is 1.10 bits per heavy atom. The molecule has 0 spiro atoms. The molecule has 1 heterocycles. The van der Waals surface area contributed by atoms with E-state index >= 15 is 0 Å². The van der Waals surface area contributed by atoms with Crippen molar-refractivity contribution in [1.29, 1.82) is 0 Å². The highest BCUT2D eigenvalue weighted by molar-refractivity contribution is 7.80. The van der Waals surface area contributed by atoms with Gasteiger partial charge in [-0.25, -0.2) is 0 Å². The quantitative estimate of drug-likeness (QED) is 0.353. The maximum Gasteiger partial charge on any atom is 0.277 e. The first-order valence-corrected chi connectivity index (χ1v) is 10.3. The largest absolute Gasteiger partial charge is 0.494 e. The van der Waals surface area contributed by atoms with Crippen LogP contribution >= 0.6 is 12.2 Å². The monoisotopic (exact) mass is 436 g/mol. The van der Waals surface area contributed by atoms with Gasteiger partial charge in [0, 0.05) is 12.2 Å². The van der Waals surface area contributed by atoms with Gasteiger partial charge in [0.05, 0.1) is 13.7 Å². The summed E-state index contributed by atoms with van der Waals surface area (Å²) in [6, 6.07) is 12.9. The molecule has 31 heavy (non-hydrogen) atoms. The van der Waals surface area contributed by atoms with Gasteiger partial charge in [-0.2, -0.15) is 0 Å². The van der Waals surface area contributed by atoms with E-state index in [1.54, 1.807) is 35.1 Å². The van der Waals surface area contributed by atoms with E-state index in [-0.39, 0.29) is 12.5 Å². The van der Waals surface area contributed by atoms with Crippen molar-refractivity contribution in [1.82, 2.24) is 4.90 Å². The van der Waals surface area contributed by atoms with Crippen molar-refractivity contribution in [3.8, 4) is 29.6 Å². The van der Waals surface area contributed by atoms with Crippen LogP contribution in [0.2, 0.25) is 0 Å². The number of anilines is 1. The molecule has 1 saturated heterocycles. The van der Waals surface area contributed by atoms with E-state index in [4.69, 9.17) is 32.9 Å². The number of terminal acetylenes is 1. The van der Waals surface area contributed by atoms with Crippen LogP contribution < -0.4 is 19.1 Å². The third kappa shape index (κ3) is 4.65. The lowest BCUT2D eigenvalue weighted by Crippen LogP contribution is -2.32. The van der Waals surface area contributed by atoms with Crippen molar-refractivity contribution < 1.29 is 19.0 Å². The Bertz CT molecular complexity index is 1040. The smallest absolute Gasteiger partial charge is 0.277 e. The molecule has 1 aliphatic rings. The second-order valence-corrected chi connectivity index (χ2v) is 6.89. The maximum absolute atomic E-state index is 13.1. The Morgan fingerprint density at radius 3 is 2.45 bits per heavy atom. The second kappa shape index (κ2) is 10.0. The molecule has 1 aliphatic heterocycles. The fourth-order valence-corrected chi connectivity index (χ4v) is 3.64. The average Bonchev–Trinajstić information content (AvgIpc) is 3.02. The molecule has 0 aromatic heterocycles. The summed E-state index contributed by atoms with van der Waals surface area (Å²) in [5.41, 5.74) is 2.00. The van der Waals surface area contributed by atoms with Crippen LogP contribution in [0.5, 0.6) is 17.2 Å². The Morgan fingerprint density at radius 2 is 1.84 bits per heavy atom. The highest BCUT2D eigenvalue weighted by atomic mass is 32.1. The standard InChI is InChI=1S/C24H24N2O4S/c1-5-14-30-21-13-8-17(16-22(21)28-4)15-20-23(27)25(6-2)24(31)26(20)18-9-11-19(12-10-18)29-7-3/h1,8-13,15-16H,6-7,14H2,2-4H3/b20-15-. The Hall–Kier alpha value is -3.50. The predicted molar refractivity (Wildman–Crippen MR) is 125 cm³/mol. The lowest BCUT2D eigenvalue weighted by atomic mass is 10.1. The van der Waals surface area contributed by atoms with Crippen LogP contribution in [0.25, 0.3) is 6.08 Å². The fourth-order valence-electron chi connectivity index (χ4n) is 3.23. The summed E-state index contributed by atoms with van der Waals surface area (Å²) in [6.07, 6.45) is 7.05. The van der Waals surface area contributed by atoms with Crippen LogP contribution in [0, 0.1) is 12.3 Å². The first kappa shape index (κ1) is 22.2.